The topological polar surface area (TPSA) is 49.8 Å². The number of hydrogen-bond acceptors (Lipinski definition) is 4. The van der Waals surface area contributed by atoms with Crippen LogP contribution in [0.2, 0.25) is 5.15 Å². The van der Waals surface area contributed by atoms with Crippen molar-refractivity contribution in [1.29, 1.82) is 0 Å². The maximum absolute atomic E-state index is 5.93. The number of hydrogen-bond donors (Lipinski definition) is 2. The molecule has 6 heteroatoms. The van der Waals surface area contributed by atoms with Gasteiger partial charge < -0.3 is 10.6 Å². The maximum atomic E-state index is 5.93. The molecule has 0 aliphatic carbocycles. The number of nitrogens with one attached hydrogen (secondary N) is 2. The Morgan fingerprint density at radius 2 is 2.35 bits per heavy atom. The van der Waals surface area contributed by atoms with E-state index in [1.54, 1.807) is 0 Å². The third kappa shape index (κ3) is 3.98. The smallest absolute Gasteiger partial charge is 0.155 e. The van der Waals surface area contributed by atoms with E-state index in [9.17, 15) is 0 Å². The Kier molecular flexibility index (Phi) is 5.95. The summed E-state index contributed by atoms with van der Waals surface area (Å²) >= 11 is 5.93. The molecule has 1 atom stereocenters. The summed E-state index contributed by atoms with van der Waals surface area (Å²) in [5.41, 5.74) is 1.04. The fourth-order valence-electron chi connectivity index (χ4n) is 1.92. The molecule has 2 heterocycles. The molecule has 1 aromatic rings. The molecule has 96 valence electrons. The molecule has 4 nitrogen and oxygen atoms in total. The van der Waals surface area contributed by atoms with Gasteiger partial charge in [0.25, 0.3) is 0 Å². The zero-order chi connectivity index (χ0) is 11.4. The highest BCUT2D eigenvalue weighted by Crippen LogP contribution is 2.17. The van der Waals surface area contributed by atoms with Crippen molar-refractivity contribution in [2.75, 3.05) is 18.4 Å². The van der Waals surface area contributed by atoms with Gasteiger partial charge in [-0.2, -0.15) is 0 Å². The summed E-state index contributed by atoms with van der Waals surface area (Å²) in [7, 11) is 0. The molecule has 2 rings (SSSR count). The van der Waals surface area contributed by atoms with Gasteiger partial charge in [-0.25, -0.2) is 0 Å². The number of aromatic nitrogens is 2. The van der Waals surface area contributed by atoms with E-state index in [0.29, 0.717) is 11.2 Å². The zero-order valence-electron chi connectivity index (χ0n) is 9.87. The second-order valence-corrected chi connectivity index (χ2v) is 4.44. The predicted octanol–water partition coefficient (Wildman–Crippen LogP) is 2.28. The lowest BCUT2D eigenvalue weighted by Crippen LogP contribution is -2.38. The van der Waals surface area contributed by atoms with E-state index < -0.39 is 0 Å². The van der Waals surface area contributed by atoms with E-state index in [2.05, 4.69) is 27.8 Å². The van der Waals surface area contributed by atoms with Crippen LogP contribution in [0.15, 0.2) is 6.07 Å². The van der Waals surface area contributed by atoms with Crippen molar-refractivity contribution >= 4 is 29.8 Å². The highest BCUT2D eigenvalue weighted by atomic mass is 35.5. The minimum Gasteiger partial charge on any atom is -0.365 e. The summed E-state index contributed by atoms with van der Waals surface area (Å²) in [6, 6.07) is 2.44. The van der Waals surface area contributed by atoms with Crippen molar-refractivity contribution < 1.29 is 0 Å². The molecule has 1 saturated heterocycles. The number of aryl methyl sites for hydroxylation is 1. The van der Waals surface area contributed by atoms with E-state index in [0.717, 1.165) is 30.9 Å². The Bertz CT molecular complexity index is 353. The summed E-state index contributed by atoms with van der Waals surface area (Å²) < 4.78 is 0. The van der Waals surface area contributed by atoms with Crippen molar-refractivity contribution in [3.8, 4) is 0 Å². The molecule has 1 fully saturated rings. The van der Waals surface area contributed by atoms with Gasteiger partial charge in [-0.3, -0.25) is 0 Å². The minimum atomic E-state index is 0. The third-order valence-corrected chi connectivity index (χ3v) is 3.17. The van der Waals surface area contributed by atoms with E-state index >= 15 is 0 Å². The van der Waals surface area contributed by atoms with Gasteiger partial charge in [0.2, 0.25) is 0 Å². The van der Waals surface area contributed by atoms with Crippen LogP contribution in [0.5, 0.6) is 0 Å². The molecule has 1 aliphatic heterocycles. The lowest BCUT2D eigenvalue weighted by atomic mass is 10.1. The summed E-state index contributed by atoms with van der Waals surface area (Å²) in [4.78, 5) is 0. The molecule has 0 saturated carbocycles. The fraction of sp³-hybridized carbons (Fsp3) is 0.636. The SMILES string of the molecule is CCc1cc(N[C@@H]2CCCNC2)nnc1Cl.Cl. The average molecular weight is 277 g/mol. The van der Waals surface area contributed by atoms with Crippen LogP contribution in [-0.4, -0.2) is 29.3 Å². The predicted molar refractivity (Wildman–Crippen MR) is 73.2 cm³/mol. The van der Waals surface area contributed by atoms with Gasteiger partial charge in [0.05, 0.1) is 0 Å². The van der Waals surface area contributed by atoms with Crippen LogP contribution in [-0.2, 0) is 6.42 Å². The van der Waals surface area contributed by atoms with E-state index in [4.69, 9.17) is 11.6 Å². The Labute approximate surface area is 113 Å². The molecule has 1 aliphatic rings. The summed E-state index contributed by atoms with van der Waals surface area (Å²) in [6.07, 6.45) is 3.27. The van der Waals surface area contributed by atoms with Crippen LogP contribution in [0, 0.1) is 0 Å². The molecule has 0 unspecified atom stereocenters. The number of piperidine rings is 1. The second-order valence-electron chi connectivity index (χ2n) is 4.09. The molecule has 0 spiro atoms. The summed E-state index contributed by atoms with van der Waals surface area (Å²) in [5.74, 6) is 0.829. The normalized spacial score (nSPS) is 19.5. The first-order valence-electron chi connectivity index (χ1n) is 5.79. The van der Waals surface area contributed by atoms with E-state index in [1.165, 1.54) is 12.8 Å². The molecule has 0 amide bonds. The summed E-state index contributed by atoms with van der Waals surface area (Å²) in [6.45, 7) is 4.17. The molecule has 0 aromatic carbocycles. The first-order valence-corrected chi connectivity index (χ1v) is 6.16. The first kappa shape index (κ1) is 14.5. The summed E-state index contributed by atoms with van der Waals surface area (Å²) in [5, 5.41) is 15.3. The molecular weight excluding hydrogens is 259 g/mol. The van der Waals surface area contributed by atoms with Crippen LogP contribution in [0.25, 0.3) is 0 Å². The number of nitrogens with zero attached hydrogens (tertiary/aromatic N) is 2. The number of anilines is 1. The van der Waals surface area contributed by atoms with Crippen LogP contribution in [0.4, 0.5) is 5.82 Å². The lowest BCUT2D eigenvalue weighted by Gasteiger charge is -2.24. The van der Waals surface area contributed by atoms with Crippen LogP contribution < -0.4 is 10.6 Å². The van der Waals surface area contributed by atoms with Crippen LogP contribution >= 0.6 is 24.0 Å². The highest BCUT2D eigenvalue weighted by Gasteiger charge is 2.13. The Balaban J connectivity index is 0.00000144. The van der Waals surface area contributed by atoms with Crippen molar-refractivity contribution in [2.24, 2.45) is 0 Å². The molecule has 0 bridgehead atoms. The standard InChI is InChI=1S/C11H17ClN4.ClH/c1-2-8-6-10(15-16-11(8)12)14-9-4-3-5-13-7-9;/h6,9,13H,2-5,7H2,1H3,(H,14,15);1H/t9-;/m1./s1. The monoisotopic (exact) mass is 276 g/mol. The Morgan fingerprint density at radius 1 is 1.53 bits per heavy atom. The molecule has 2 N–H and O–H groups in total. The van der Waals surface area contributed by atoms with Crippen LogP contribution in [0.3, 0.4) is 0 Å². The molecule has 0 radical (unpaired) electrons. The highest BCUT2D eigenvalue weighted by molar-refractivity contribution is 6.30. The van der Waals surface area contributed by atoms with Crippen LogP contribution in [0.1, 0.15) is 25.3 Å². The quantitative estimate of drug-likeness (QED) is 0.890. The molecule has 17 heavy (non-hydrogen) atoms. The third-order valence-electron chi connectivity index (χ3n) is 2.85. The zero-order valence-corrected chi connectivity index (χ0v) is 11.4. The second kappa shape index (κ2) is 6.99. The van der Waals surface area contributed by atoms with Crippen molar-refractivity contribution in [3.05, 3.63) is 16.8 Å². The molecule has 1 aromatic heterocycles. The largest absolute Gasteiger partial charge is 0.365 e. The average Bonchev–Trinajstić information content (AvgIpc) is 2.33. The van der Waals surface area contributed by atoms with Crippen molar-refractivity contribution in [2.45, 2.75) is 32.2 Å². The maximum Gasteiger partial charge on any atom is 0.155 e. The lowest BCUT2D eigenvalue weighted by molar-refractivity contribution is 0.478. The molecular formula is C11H18Cl2N4. The first-order chi connectivity index (χ1) is 7.79. The van der Waals surface area contributed by atoms with E-state index in [1.807, 2.05) is 6.07 Å². The van der Waals surface area contributed by atoms with Gasteiger partial charge in [0.15, 0.2) is 5.15 Å². The number of halogens is 2. The van der Waals surface area contributed by atoms with Gasteiger partial charge in [0.1, 0.15) is 5.82 Å². The van der Waals surface area contributed by atoms with Gasteiger partial charge >= 0.3 is 0 Å². The van der Waals surface area contributed by atoms with Gasteiger partial charge in [-0.1, -0.05) is 18.5 Å². The van der Waals surface area contributed by atoms with Gasteiger partial charge in [-0.15, -0.1) is 22.6 Å². The van der Waals surface area contributed by atoms with Gasteiger partial charge in [-0.05, 0) is 37.4 Å². The Hall–Kier alpha value is -0.580. The number of rotatable bonds is 3. The Morgan fingerprint density at radius 3 is 3.00 bits per heavy atom. The minimum absolute atomic E-state index is 0. The van der Waals surface area contributed by atoms with E-state index in [-0.39, 0.29) is 12.4 Å². The fourth-order valence-corrected chi connectivity index (χ4v) is 2.14. The van der Waals surface area contributed by atoms with Gasteiger partial charge in [0, 0.05) is 12.6 Å². The van der Waals surface area contributed by atoms with Crippen molar-refractivity contribution in [3.63, 3.8) is 0 Å². The van der Waals surface area contributed by atoms with Crippen molar-refractivity contribution in [1.82, 2.24) is 15.5 Å².